The molecular weight excluding hydrogens is 312 g/mol. The number of benzene rings is 2. The summed E-state index contributed by atoms with van der Waals surface area (Å²) in [5.41, 5.74) is 0.369. The fraction of sp³-hybridized carbons (Fsp3) is 0.200. The van der Waals surface area contributed by atoms with E-state index in [1.165, 1.54) is 31.2 Å². The Balaban J connectivity index is 2.28. The molecule has 118 valence electrons. The highest BCUT2D eigenvalue weighted by molar-refractivity contribution is 7.92. The number of sulfonamides is 1. The minimum absolute atomic E-state index is 0.0296. The Bertz CT molecular complexity index is 791. The fourth-order valence-corrected chi connectivity index (χ4v) is 2.85. The quantitative estimate of drug-likeness (QED) is 0.915. The summed E-state index contributed by atoms with van der Waals surface area (Å²) in [6.07, 6.45) is 0. The Kier molecular flexibility index (Phi) is 4.65. The molecule has 0 radical (unpaired) electrons. The van der Waals surface area contributed by atoms with Gasteiger partial charge >= 0.3 is 0 Å². The molecule has 0 saturated heterocycles. The summed E-state index contributed by atoms with van der Waals surface area (Å²) in [5, 5.41) is 0. The van der Waals surface area contributed by atoms with Gasteiger partial charge in [-0.25, -0.2) is 17.2 Å². The first kappa shape index (κ1) is 16.2. The summed E-state index contributed by atoms with van der Waals surface area (Å²) in [6.45, 7) is 3.54. The maximum absolute atomic E-state index is 13.7. The second kappa shape index (κ2) is 6.31. The molecule has 1 N–H and O–H groups in total. The van der Waals surface area contributed by atoms with Crippen molar-refractivity contribution in [1.29, 1.82) is 0 Å². The van der Waals surface area contributed by atoms with Crippen molar-refractivity contribution < 1.29 is 21.9 Å². The van der Waals surface area contributed by atoms with Gasteiger partial charge in [-0.2, -0.15) is 0 Å². The smallest absolute Gasteiger partial charge is 0.261 e. The lowest BCUT2D eigenvalue weighted by Gasteiger charge is -2.10. The van der Waals surface area contributed by atoms with E-state index in [9.17, 15) is 17.2 Å². The predicted molar refractivity (Wildman–Crippen MR) is 79.5 cm³/mol. The largest absolute Gasteiger partial charge is 0.491 e. The molecule has 0 atom stereocenters. The summed E-state index contributed by atoms with van der Waals surface area (Å²) < 4.78 is 58.7. The van der Waals surface area contributed by atoms with Crippen LogP contribution in [0.4, 0.5) is 14.5 Å². The fourth-order valence-electron chi connectivity index (χ4n) is 1.79. The topological polar surface area (TPSA) is 55.4 Å². The third-order valence-electron chi connectivity index (χ3n) is 2.94. The van der Waals surface area contributed by atoms with Crippen LogP contribution in [0.25, 0.3) is 0 Å². The number of ether oxygens (including phenoxy) is 1. The maximum atomic E-state index is 13.7. The van der Waals surface area contributed by atoms with Gasteiger partial charge in [-0.1, -0.05) is 6.07 Å². The van der Waals surface area contributed by atoms with Crippen LogP contribution in [0.5, 0.6) is 5.75 Å². The van der Waals surface area contributed by atoms with Gasteiger partial charge in [-0.05, 0) is 43.7 Å². The molecule has 0 aromatic heterocycles. The Morgan fingerprint density at radius 1 is 1.09 bits per heavy atom. The van der Waals surface area contributed by atoms with E-state index in [4.69, 9.17) is 4.74 Å². The lowest BCUT2D eigenvalue weighted by molar-refractivity contribution is 0.321. The van der Waals surface area contributed by atoms with Crippen molar-refractivity contribution in [3.8, 4) is 5.75 Å². The third-order valence-corrected chi connectivity index (χ3v) is 4.32. The lowest BCUT2D eigenvalue weighted by atomic mass is 10.2. The highest BCUT2D eigenvalue weighted by Crippen LogP contribution is 2.24. The molecule has 0 spiro atoms. The summed E-state index contributed by atoms with van der Waals surface area (Å²) in [5.74, 6) is -1.27. The molecule has 0 aliphatic carbocycles. The van der Waals surface area contributed by atoms with E-state index in [2.05, 4.69) is 4.72 Å². The molecule has 0 fully saturated rings. The van der Waals surface area contributed by atoms with Crippen LogP contribution in [0.3, 0.4) is 0 Å². The van der Waals surface area contributed by atoms with Crippen LogP contribution in [-0.4, -0.2) is 15.0 Å². The number of anilines is 1. The van der Waals surface area contributed by atoms with Gasteiger partial charge in [-0.3, -0.25) is 4.72 Å². The summed E-state index contributed by atoms with van der Waals surface area (Å²) in [7, 11) is -3.99. The minimum Gasteiger partial charge on any atom is -0.491 e. The number of nitrogens with one attached hydrogen (secondary N) is 1. The SMILES string of the molecule is CCOc1ccc(NS(=O)(=O)c2ccc(C)c(F)c2)cc1F. The highest BCUT2D eigenvalue weighted by atomic mass is 32.2. The molecular formula is C15H15F2NO3S. The van der Waals surface area contributed by atoms with Crippen LogP contribution in [0.1, 0.15) is 12.5 Å². The summed E-state index contributed by atoms with van der Waals surface area (Å²) >= 11 is 0. The second-order valence-corrected chi connectivity index (χ2v) is 6.28. The van der Waals surface area contributed by atoms with E-state index in [1.54, 1.807) is 6.92 Å². The van der Waals surface area contributed by atoms with E-state index in [1.807, 2.05) is 0 Å². The van der Waals surface area contributed by atoms with Gasteiger partial charge < -0.3 is 4.74 Å². The molecule has 0 amide bonds. The van der Waals surface area contributed by atoms with Crippen molar-refractivity contribution in [2.75, 3.05) is 11.3 Å². The van der Waals surface area contributed by atoms with Crippen molar-refractivity contribution in [1.82, 2.24) is 0 Å². The molecule has 0 unspecified atom stereocenters. The molecule has 0 saturated carbocycles. The molecule has 0 aliphatic rings. The molecule has 0 heterocycles. The number of rotatable bonds is 5. The summed E-state index contributed by atoms with van der Waals surface area (Å²) in [6, 6.07) is 7.27. The first-order chi connectivity index (χ1) is 10.3. The van der Waals surface area contributed by atoms with Crippen LogP contribution in [0.15, 0.2) is 41.3 Å². The molecule has 7 heteroatoms. The number of halogens is 2. The van der Waals surface area contributed by atoms with Crippen LogP contribution in [0.2, 0.25) is 0 Å². The number of hydrogen-bond acceptors (Lipinski definition) is 3. The first-order valence-electron chi connectivity index (χ1n) is 6.55. The predicted octanol–water partition coefficient (Wildman–Crippen LogP) is 3.47. The van der Waals surface area contributed by atoms with Crippen LogP contribution in [-0.2, 0) is 10.0 Å². The number of aryl methyl sites for hydroxylation is 1. The number of hydrogen-bond donors (Lipinski definition) is 1. The molecule has 2 rings (SSSR count). The Morgan fingerprint density at radius 2 is 1.82 bits per heavy atom. The minimum atomic E-state index is -3.99. The Hall–Kier alpha value is -2.15. The highest BCUT2D eigenvalue weighted by Gasteiger charge is 2.16. The van der Waals surface area contributed by atoms with Crippen molar-refractivity contribution in [2.45, 2.75) is 18.7 Å². The van der Waals surface area contributed by atoms with Crippen LogP contribution in [0, 0.1) is 18.6 Å². The second-order valence-electron chi connectivity index (χ2n) is 4.59. The monoisotopic (exact) mass is 327 g/mol. The van der Waals surface area contributed by atoms with Crippen molar-refractivity contribution in [2.24, 2.45) is 0 Å². The van der Waals surface area contributed by atoms with Gasteiger partial charge in [0.15, 0.2) is 11.6 Å². The van der Waals surface area contributed by atoms with E-state index < -0.39 is 21.7 Å². The molecule has 4 nitrogen and oxygen atoms in total. The molecule has 2 aromatic rings. The molecule has 2 aromatic carbocycles. The van der Waals surface area contributed by atoms with Crippen molar-refractivity contribution in [3.63, 3.8) is 0 Å². The third kappa shape index (κ3) is 3.54. The molecule has 0 bridgehead atoms. The normalized spacial score (nSPS) is 11.3. The Morgan fingerprint density at radius 3 is 2.41 bits per heavy atom. The van der Waals surface area contributed by atoms with Gasteiger partial charge in [-0.15, -0.1) is 0 Å². The van der Waals surface area contributed by atoms with Gasteiger partial charge in [0.05, 0.1) is 17.2 Å². The summed E-state index contributed by atoms with van der Waals surface area (Å²) in [4.78, 5) is -0.232. The van der Waals surface area contributed by atoms with E-state index in [0.717, 1.165) is 12.1 Å². The Labute approximate surface area is 127 Å². The van der Waals surface area contributed by atoms with Crippen molar-refractivity contribution >= 4 is 15.7 Å². The van der Waals surface area contributed by atoms with Crippen molar-refractivity contribution in [3.05, 3.63) is 53.6 Å². The maximum Gasteiger partial charge on any atom is 0.261 e. The molecule has 22 heavy (non-hydrogen) atoms. The molecule has 0 aliphatic heterocycles. The van der Waals surface area contributed by atoms with Gasteiger partial charge in [0.25, 0.3) is 10.0 Å². The zero-order chi connectivity index (χ0) is 16.3. The van der Waals surface area contributed by atoms with Gasteiger partial charge in [0, 0.05) is 6.07 Å². The average Bonchev–Trinajstić information content (AvgIpc) is 2.44. The van der Waals surface area contributed by atoms with Crippen LogP contribution >= 0.6 is 0 Å². The zero-order valence-corrected chi connectivity index (χ0v) is 12.9. The van der Waals surface area contributed by atoms with E-state index >= 15 is 0 Å². The van der Waals surface area contributed by atoms with E-state index in [0.29, 0.717) is 12.2 Å². The van der Waals surface area contributed by atoms with Crippen LogP contribution < -0.4 is 9.46 Å². The van der Waals surface area contributed by atoms with E-state index in [-0.39, 0.29) is 16.3 Å². The zero-order valence-electron chi connectivity index (χ0n) is 12.1. The van der Waals surface area contributed by atoms with Gasteiger partial charge in [0.1, 0.15) is 5.82 Å². The van der Waals surface area contributed by atoms with Gasteiger partial charge in [0.2, 0.25) is 0 Å². The first-order valence-corrected chi connectivity index (χ1v) is 8.03. The average molecular weight is 327 g/mol. The standard InChI is InChI=1S/C15H15F2NO3S/c1-3-21-15-7-5-11(8-14(15)17)18-22(19,20)12-6-4-10(2)13(16)9-12/h4-9,18H,3H2,1-2H3. The lowest BCUT2D eigenvalue weighted by Crippen LogP contribution is -2.13.